The predicted octanol–water partition coefficient (Wildman–Crippen LogP) is 0.657. The zero-order chi connectivity index (χ0) is 16.7. The third kappa shape index (κ3) is 4.95. The van der Waals surface area contributed by atoms with Gasteiger partial charge in [0.25, 0.3) is 5.91 Å². The molecule has 0 spiro atoms. The van der Waals surface area contributed by atoms with Crippen LogP contribution in [-0.2, 0) is 4.79 Å². The summed E-state index contributed by atoms with van der Waals surface area (Å²) in [6.07, 6.45) is 5.85. The highest BCUT2D eigenvalue weighted by Gasteiger charge is 2.05. The van der Waals surface area contributed by atoms with Gasteiger partial charge in [-0.15, -0.1) is 0 Å². The van der Waals surface area contributed by atoms with E-state index >= 15 is 0 Å². The molecule has 2 amide bonds. The van der Waals surface area contributed by atoms with Crippen LogP contribution in [0.1, 0.15) is 5.56 Å². The van der Waals surface area contributed by atoms with Crippen molar-refractivity contribution in [2.75, 3.05) is 25.5 Å². The monoisotopic (exact) mass is 314 g/mol. The molecule has 0 saturated carbocycles. The van der Waals surface area contributed by atoms with Crippen LogP contribution in [0, 0.1) is 0 Å². The molecule has 8 nitrogen and oxygen atoms in total. The van der Waals surface area contributed by atoms with Gasteiger partial charge in [0.15, 0.2) is 0 Å². The van der Waals surface area contributed by atoms with Gasteiger partial charge in [-0.3, -0.25) is 9.36 Å². The minimum Gasteiger partial charge on any atom is -0.378 e. The van der Waals surface area contributed by atoms with Crippen LogP contribution in [0.15, 0.2) is 48.1 Å². The summed E-state index contributed by atoms with van der Waals surface area (Å²) >= 11 is 0. The van der Waals surface area contributed by atoms with Crippen molar-refractivity contribution in [3.8, 4) is 0 Å². The van der Waals surface area contributed by atoms with Crippen LogP contribution in [0.5, 0.6) is 0 Å². The number of amides is 2. The summed E-state index contributed by atoms with van der Waals surface area (Å²) in [5, 5.41) is 6.29. The van der Waals surface area contributed by atoms with Crippen LogP contribution in [0.3, 0.4) is 0 Å². The molecule has 2 aromatic rings. The minimum absolute atomic E-state index is 0.173. The van der Waals surface area contributed by atoms with Crippen molar-refractivity contribution in [3.05, 3.63) is 48.5 Å². The first-order valence-electron chi connectivity index (χ1n) is 6.91. The Morgan fingerprint density at radius 2 is 2.04 bits per heavy atom. The van der Waals surface area contributed by atoms with Gasteiger partial charge in [0.05, 0.1) is 6.21 Å². The number of hydrazone groups is 1. The lowest BCUT2D eigenvalue weighted by Gasteiger charge is -2.11. The smallest absolute Gasteiger partial charge is 0.327 e. The first-order valence-corrected chi connectivity index (χ1v) is 6.91. The Kier molecular flexibility index (Phi) is 5.45. The molecule has 0 unspecified atom stereocenters. The first-order chi connectivity index (χ1) is 11.1. The Morgan fingerprint density at radius 1 is 1.30 bits per heavy atom. The first kappa shape index (κ1) is 16.2. The van der Waals surface area contributed by atoms with E-state index < -0.39 is 11.9 Å². The molecule has 0 aliphatic carbocycles. The molecule has 2 rings (SSSR count). The molecular formula is C15H18N6O2. The number of imidazole rings is 1. The predicted molar refractivity (Wildman–Crippen MR) is 87.5 cm³/mol. The van der Waals surface area contributed by atoms with E-state index in [1.165, 1.54) is 29.5 Å². The zero-order valence-electron chi connectivity index (χ0n) is 12.9. The Bertz CT molecular complexity index is 677. The van der Waals surface area contributed by atoms with Gasteiger partial charge in [0.1, 0.15) is 12.9 Å². The molecule has 0 atom stereocenters. The Balaban J connectivity index is 1.76. The van der Waals surface area contributed by atoms with Gasteiger partial charge in [-0.2, -0.15) is 5.10 Å². The summed E-state index contributed by atoms with van der Waals surface area (Å²) in [5.41, 5.74) is 4.29. The number of hydrogen-bond acceptors (Lipinski definition) is 5. The summed E-state index contributed by atoms with van der Waals surface area (Å²) in [7, 11) is 3.92. The SMILES string of the molecule is CN(C)c1ccc(/C=N/NC(=O)CNC(=O)n2ccnc2)cc1. The van der Waals surface area contributed by atoms with E-state index in [0.717, 1.165) is 11.3 Å². The lowest BCUT2D eigenvalue weighted by atomic mass is 10.2. The van der Waals surface area contributed by atoms with Crippen molar-refractivity contribution in [2.45, 2.75) is 0 Å². The van der Waals surface area contributed by atoms with Crippen LogP contribution in [0.2, 0.25) is 0 Å². The molecule has 2 N–H and O–H groups in total. The number of rotatable bonds is 5. The van der Waals surface area contributed by atoms with Crippen molar-refractivity contribution < 1.29 is 9.59 Å². The highest BCUT2D eigenvalue weighted by molar-refractivity contribution is 5.86. The van der Waals surface area contributed by atoms with Crippen molar-refractivity contribution in [3.63, 3.8) is 0 Å². The Morgan fingerprint density at radius 3 is 2.65 bits per heavy atom. The highest BCUT2D eigenvalue weighted by atomic mass is 16.2. The van der Waals surface area contributed by atoms with E-state index in [1.54, 1.807) is 0 Å². The van der Waals surface area contributed by atoms with Crippen molar-refractivity contribution in [1.82, 2.24) is 20.3 Å². The van der Waals surface area contributed by atoms with Crippen LogP contribution < -0.4 is 15.6 Å². The molecule has 0 aliphatic heterocycles. The molecule has 0 saturated heterocycles. The maximum Gasteiger partial charge on any atom is 0.327 e. The van der Waals surface area contributed by atoms with E-state index in [-0.39, 0.29) is 6.54 Å². The normalized spacial score (nSPS) is 10.5. The molecule has 23 heavy (non-hydrogen) atoms. The third-order valence-electron chi connectivity index (χ3n) is 2.95. The van der Waals surface area contributed by atoms with Crippen LogP contribution in [-0.4, -0.2) is 48.3 Å². The van der Waals surface area contributed by atoms with Gasteiger partial charge in [0.2, 0.25) is 0 Å². The molecule has 0 aliphatic rings. The van der Waals surface area contributed by atoms with Crippen molar-refractivity contribution >= 4 is 23.8 Å². The van der Waals surface area contributed by atoms with Gasteiger partial charge in [-0.1, -0.05) is 12.1 Å². The number of benzene rings is 1. The summed E-state index contributed by atoms with van der Waals surface area (Å²) in [6, 6.07) is 7.27. The summed E-state index contributed by atoms with van der Waals surface area (Å²) in [4.78, 5) is 28.9. The van der Waals surface area contributed by atoms with E-state index in [0.29, 0.717) is 0 Å². The van der Waals surface area contributed by atoms with Crippen LogP contribution in [0.25, 0.3) is 0 Å². The number of carbonyl (C=O) groups is 2. The van der Waals surface area contributed by atoms with Gasteiger partial charge >= 0.3 is 6.03 Å². The molecule has 0 bridgehead atoms. The molecule has 1 aromatic heterocycles. The number of nitrogens with one attached hydrogen (secondary N) is 2. The van der Waals surface area contributed by atoms with E-state index in [1.807, 2.05) is 43.3 Å². The second kappa shape index (κ2) is 7.74. The van der Waals surface area contributed by atoms with E-state index in [4.69, 9.17) is 0 Å². The minimum atomic E-state index is -0.430. The molecular weight excluding hydrogens is 296 g/mol. The molecule has 120 valence electrons. The van der Waals surface area contributed by atoms with Gasteiger partial charge < -0.3 is 10.2 Å². The zero-order valence-corrected chi connectivity index (χ0v) is 12.9. The standard InChI is InChI=1S/C15H18N6O2/c1-20(2)13-5-3-12(4-6-13)9-18-19-14(22)10-17-15(23)21-8-7-16-11-21/h3-9,11H,10H2,1-2H3,(H,17,23)(H,19,22)/b18-9+. The van der Waals surface area contributed by atoms with Crippen molar-refractivity contribution in [1.29, 1.82) is 0 Å². The van der Waals surface area contributed by atoms with E-state index in [9.17, 15) is 9.59 Å². The second-order valence-electron chi connectivity index (χ2n) is 4.91. The summed E-state index contributed by atoms with van der Waals surface area (Å²) in [6.45, 7) is -0.173. The van der Waals surface area contributed by atoms with Crippen LogP contribution >= 0.6 is 0 Å². The lowest BCUT2D eigenvalue weighted by Crippen LogP contribution is -2.36. The number of nitrogens with zero attached hydrogens (tertiary/aromatic N) is 4. The fraction of sp³-hybridized carbons (Fsp3) is 0.200. The molecule has 1 aromatic carbocycles. The topological polar surface area (TPSA) is 91.6 Å². The lowest BCUT2D eigenvalue weighted by molar-refractivity contribution is -0.120. The quantitative estimate of drug-likeness (QED) is 0.626. The average molecular weight is 314 g/mol. The van der Waals surface area contributed by atoms with Gasteiger partial charge in [-0.25, -0.2) is 15.2 Å². The highest BCUT2D eigenvalue weighted by Crippen LogP contribution is 2.10. The average Bonchev–Trinajstić information content (AvgIpc) is 3.07. The summed E-state index contributed by atoms with van der Waals surface area (Å²) < 4.78 is 1.24. The molecule has 0 fully saturated rings. The van der Waals surface area contributed by atoms with Gasteiger partial charge in [-0.05, 0) is 17.7 Å². The Hall–Kier alpha value is -3.16. The van der Waals surface area contributed by atoms with Crippen LogP contribution in [0.4, 0.5) is 10.5 Å². The fourth-order valence-electron chi connectivity index (χ4n) is 1.70. The summed E-state index contributed by atoms with van der Waals surface area (Å²) in [5.74, 6) is -0.417. The number of anilines is 1. The molecule has 0 radical (unpaired) electrons. The maximum atomic E-state index is 11.6. The number of hydrogen-bond donors (Lipinski definition) is 2. The Labute approximate surface area is 133 Å². The molecule has 8 heteroatoms. The second-order valence-corrected chi connectivity index (χ2v) is 4.91. The number of aromatic nitrogens is 2. The van der Waals surface area contributed by atoms with Gasteiger partial charge in [0, 0.05) is 32.2 Å². The number of carbonyl (C=O) groups excluding carboxylic acids is 2. The fourth-order valence-corrected chi connectivity index (χ4v) is 1.70. The molecule has 1 heterocycles. The largest absolute Gasteiger partial charge is 0.378 e. The van der Waals surface area contributed by atoms with E-state index in [2.05, 4.69) is 20.8 Å². The van der Waals surface area contributed by atoms with Crippen molar-refractivity contribution in [2.24, 2.45) is 5.10 Å². The third-order valence-corrected chi connectivity index (χ3v) is 2.95. The maximum absolute atomic E-state index is 11.6.